The largest absolute Gasteiger partial charge is 0.393 e. The van der Waals surface area contributed by atoms with Gasteiger partial charge in [0, 0.05) is 18.1 Å². The first-order valence-corrected chi connectivity index (χ1v) is 8.38. The number of aliphatic hydroxyl groups is 1. The van der Waals surface area contributed by atoms with E-state index in [-0.39, 0.29) is 6.10 Å². The zero-order valence-corrected chi connectivity index (χ0v) is 13.0. The Morgan fingerprint density at radius 2 is 1.79 bits per heavy atom. The van der Waals surface area contributed by atoms with E-state index >= 15 is 0 Å². The summed E-state index contributed by atoms with van der Waals surface area (Å²) in [6.07, 6.45) is 10.2. The lowest BCUT2D eigenvalue weighted by Gasteiger charge is -2.51. The van der Waals surface area contributed by atoms with Crippen LogP contribution in [0.15, 0.2) is 0 Å². The fourth-order valence-corrected chi connectivity index (χ4v) is 5.53. The predicted octanol–water partition coefficient (Wildman–Crippen LogP) is 3.58. The van der Waals surface area contributed by atoms with Gasteiger partial charge < -0.3 is 5.11 Å². The van der Waals surface area contributed by atoms with Gasteiger partial charge >= 0.3 is 0 Å². The quantitative estimate of drug-likeness (QED) is 0.783. The van der Waals surface area contributed by atoms with Crippen molar-refractivity contribution in [1.29, 1.82) is 0 Å². The number of hydrogen-bond donors (Lipinski definition) is 1. The molecule has 0 aromatic heterocycles. The van der Waals surface area contributed by atoms with Crippen LogP contribution >= 0.6 is 0 Å². The van der Waals surface area contributed by atoms with E-state index in [0.29, 0.717) is 17.0 Å². The van der Waals surface area contributed by atoms with Crippen molar-refractivity contribution in [2.45, 2.75) is 89.8 Å². The zero-order valence-electron chi connectivity index (χ0n) is 13.0. The maximum Gasteiger partial charge on any atom is 0.0555 e. The normalized spacial score (nSPS) is 42.0. The van der Waals surface area contributed by atoms with Crippen molar-refractivity contribution in [3.8, 4) is 0 Å². The molecule has 110 valence electrons. The highest BCUT2D eigenvalue weighted by Gasteiger charge is 2.52. The van der Waals surface area contributed by atoms with Crippen LogP contribution in [0.3, 0.4) is 0 Å². The van der Waals surface area contributed by atoms with E-state index in [9.17, 15) is 5.11 Å². The van der Waals surface area contributed by atoms with Gasteiger partial charge in [0.05, 0.1) is 6.10 Å². The standard InChI is InChI=1S/C17H31NO/c1-13-11-16(2,3)18(12-13)15-10-14(19)6-9-17(15)7-4-5-8-17/h13-15,19H,4-12H2,1-3H3. The molecule has 1 heterocycles. The van der Waals surface area contributed by atoms with Crippen molar-refractivity contribution in [2.75, 3.05) is 6.54 Å². The molecule has 1 N–H and O–H groups in total. The molecule has 0 bridgehead atoms. The number of aliphatic hydroxyl groups excluding tert-OH is 1. The second kappa shape index (κ2) is 4.73. The van der Waals surface area contributed by atoms with Gasteiger partial charge in [-0.25, -0.2) is 0 Å². The lowest BCUT2D eigenvalue weighted by atomic mass is 9.67. The van der Waals surface area contributed by atoms with Gasteiger partial charge in [0.25, 0.3) is 0 Å². The van der Waals surface area contributed by atoms with E-state index in [1.54, 1.807) is 0 Å². The zero-order chi connectivity index (χ0) is 13.7. The lowest BCUT2D eigenvalue weighted by Crippen LogP contribution is -2.56. The number of likely N-dealkylation sites (tertiary alicyclic amines) is 1. The molecule has 2 aliphatic carbocycles. The van der Waals surface area contributed by atoms with Crippen LogP contribution in [0.25, 0.3) is 0 Å². The topological polar surface area (TPSA) is 23.5 Å². The Morgan fingerprint density at radius 1 is 1.11 bits per heavy atom. The number of nitrogens with zero attached hydrogens (tertiary/aromatic N) is 1. The smallest absolute Gasteiger partial charge is 0.0555 e. The first-order chi connectivity index (χ1) is 8.93. The minimum absolute atomic E-state index is 0.0528. The van der Waals surface area contributed by atoms with E-state index in [2.05, 4.69) is 25.7 Å². The minimum atomic E-state index is -0.0528. The summed E-state index contributed by atoms with van der Waals surface area (Å²) in [4.78, 5) is 2.78. The molecule has 1 saturated heterocycles. The molecule has 3 atom stereocenters. The van der Waals surface area contributed by atoms with Gasteiger partial charge in [0.1, 0.15) is 0 Å². The SMILES string of the molecule is CC1CN(C2CC(O)CCC23CCCC3)C(C)(C)C1. The van der Waals surface area contributed by atoms with Crippen LogP contribution in [-0.4, -0.2) is 34.2 Å². The predicted molar refractivity (Wildman–Crippen MR) is 79.1 cm³/mol. The lowest BCUT2D eigenvalue weighted by molar-refractivity contribution is -0.0489. The van der Waals surface area contributed by atoms with Crippen LogP contribution < -0.4 is 0 Å². The highest BCUT2D eigenvalue weighted by atomic mass is 16.3. The molecule has 1 spiro atoms. The first kappa shape index (κ1) is 13.9. The minimum Gasteiger partial charge on any atom is -0.393 e. The fraction of sp³-hybridized carbons (Fsp3) is 1.00. The molecule has 3 rings (SSSR count). The van der Waals surface area contributed by atoms with E-state index < -0.39 is 0 Å². The molecule has 0 aromatic rings. The van der Waals surface area contributed by atoms with E-state index in [0.717, 1.165) is 18.8 Å². The van der Waals surface area contributed by atoms with Crippen LogP contribution in [0.5, 0.6) is 0 Å². The third kappa shape index (κ3) is 2.35. The molecule has 0 aromatic carbocycles. The molecular formula is C17H31NO. The summed E-state index contributed by atoms with van der Waals surface area (Å²) in [5.74, 6) is 0.813. The Balaban J connectivity index is 1.87. The summed E-state index contributed by atoms with van der Waals surface area (Å²) < 4.78 is 0. The van der Waals surface area contributed by atoms with Crippen molar-refractivity contribution < 1.29 is 5.11 Å². The van der Waals surface area contributed by atoms with Crippen LogP contribution in [0, 0.1) is 11.3 Å². The van der Waals surface area contributed by atoms with E-state index in [1.165, 1.54) is 45.1 Å². The van der Waals surface area contributed by atoms with Gasteiger partial charge in [-0.1, -0.05) is 19.8 Å². The monoisotopic (exact) mass is 265 g/mol. The fourth-order valence-electron chi connectivity index (χ4n) is 5.53. The van der Waals surface area contributed by atoms with Crippen molar-refractivity contribution in [3.63, 3.8) is 0 Å². The van der Waals surface area contributed by atoms with Gasteiger partial charge in [0.2, 0.25) is 0 Å². The molecule has 0 radical (unpaired) electrons. The summed E-state index contributed by atoms with van der Waals surface area (Å²) >= 11 is 0. The molecule has 0 amide bonds. The molecule has 19 heavy (non-hydrogen) atoms. The highest BCUT2D eigenvalue weighted by molar-refractivity contribution is 5.05. The van der Waals surface area contributed by atoms with Crippen LogP contribution in [0.4, 0.5) is 0 Å². The summed E-state index contributed by atoms with van der Waals surface area (Å²) in [6, 6.07) is 0.638. The maximum absolute atomic E-state index is 10.2. The second-order valence-corrected chi connectivity index (χ2v) is 8.29. The van der Waals surface area contributed by atoms with Crippen LogP contribution in [0.2, 0.25) is 0 Å². The molecule has 2 heteroatoms. The molecule has 3 fully saturated rings. The summed E-state index contributed by atoms with van der Waals surface area (Å²) in [5.41, 5.74) is 0.872. The molecule has 3 unspecified atom stereocenters. The summed E-state index contributed by atoms with van der Waals surface area (Å²) in [5, 5.41) is 10.2. The van der Waals surface area contributed by atoms with Crippen molar-refractivity contribution in [2.24, 2.45) is 11.3 Å². The van der Waals surface area contributed by atoms with Gasteiger partial charge in [-0.15, -0.1) is 0 Å². The van der Waals surface area contributed by atoms with Crippen molar-refractivity contribution >= 4 is 0 Å². The first-order valence-electron chi connectivity index (χ1n) is 8.38. The van der Waals surface area contributed by atoms with E-state index in [1.807, 2.05) is 0 Å². The summed E-state index contributed by atoms with van der Waals surface area (Å²) in [6.45, 7) is 8.47. The average Bonchev–Trinajstić information content (AvgIpc) is 2.88. The van der Waals surface area contributed by atoms with Gasteiger partial charge in [-0.3, -0.25) is 4.90 Å². The molecule has 1 aliphatic heterocycles. The Labute approximate surface area is 118 Å². The van der Waals surface area contributed by atoms with Crippen molar-refractivity contribution in [1.82, 2.24) is 4.90 Å². The van der Waals surface area contributed by atoms with Crippen LogP contribution in [0.1, 0.15) is 72.1 Å². The second-order valence-electron chi connectivity index (χ2n) is 8.29. The Hall–Kier alpha value is -0.0800. The third-order valence-corrected chi connectivity index (χ3v) is 6.29. The Morgan fingerprint density at radius 3 is 2.37 bits per heavy atom. The average molecular weight is 265 g/mol. The Kier molecular flexibility index (Phi) is 3.46. The van der Waals surface area contributed by atoms with Crippen LogP contribution in [-0.2, 0) is 0 Å². The Bertz CT molecular complexity index is 332. The van der Waals surface area contributed by atoms with E-state index in [4.69, 9.17) is 0 Å². The molecule has 2 nitrogen and oxygen atoms in total. The molecular weight excluding hydrogens is 234 g/mol. The van der Waals surface area contributed by atoms with Crippen molar-refractivity contribution in [3.05, 3.63) is 0 Å². The molecule has 3 aliphatic rings. The molecule has 2 saturated carbocycles. The number of hydrogen-bond acceptors (Lipinski definition) is 2. The van der Waals surface area contributed by atoms with Gasteiger partial charge in [-0.2, -0.15) is 0 Å². The summed E-state index contributed by atoms with van der Waals surface area (Å²) in [7, 11) is 0. The third-order valence-electron chi connectivity index (χ3n) is 6.29. The highest BCUT2D eigenvalue weighted by Crippen LogP contribution is 2.53. The van der Waals surface area contributed by atoms with Gasteiger partial charge in [-0.05, 0) is 63.7 Å². The maximum atomic E-state index is 10.2. The number of rotatable bonds is 1. The van der Waals surface area contributed by atoms with Gasteiger partial charge in [0.15, 0.2) is 0 Å².